The third kappa shape index (κ3) is 3.32. The van der Waals surface area contributed by atoms with Crippen molar-refractivity contribution < 1.29 is 4.79 Å². The summed E-state index contributed by atoms with van der Waals surface area (Å²) in [6.07, 6.45) is 2.55. The Morgan fingerprint density at radius 3 is 2.94 bits per heavy atom. The van der Waals surface area contributed by atoms with Gasteiger partial charge in [-0.05, 0) is 18.4 Å². The molecule has 4 nitrogen and oxygen atoms in total. The maximum absolute atomic E-state index is 11.9. The van der Waals surface area contributed by atoms with Gasteiger partial charge in [0.05, 0.1) is 6.04 Å². The predicted molar refractivity (Wildman–Crippen MR) is 66.0 cm³/mol. The van der Waals surface area contributed by atoms with Crippen LogP contribution in [0.15, 0.2) is 12.7 Å². The van der Waals surface area contributed by atoms with Gasteiger partial charge in [0, 0.05) is 19.6 Å². The van der Waals surface area contributed by atoms with E-state index in [1.165, 1.54) is 0 Å². The molecule has 1 saturated heterocycles. The maximum atomic E-state index is 11.9. The zero-order valence-corrected chi connectivity index (χ0v) is 10.3. The fourth-order valence-corrected chi connectivity index (χ4v) is 2.16. The third-order valence-electron chi connectivity index (χ3n) is 2.92. The van der Waals surface area contributed by atoms with E-state index >= 15 is 0 Å². The monoisotopic (exact) mass is 225 g/mol. The summed E-state index contributed by atoms with van der Waals surface area (Å²) in [6.45, 7) is 11.0. The van der Waals surface area contributed by atoms with E-state index in [1.54, 1.807) is 0 Å². The molecule has 1 aliphatic rings. The Morgan fingerprint density at radius 1 is 1.69 bits per heavy atom. The van der Waals surface area contributed by atoms with Gasteiger partial charge in [-0.1, -0.05) is 19.9 Å². The van der Waals surface area contributed by atoms with E-state index in [0.717, 1.165) is 19.6 Å². The molecule has 3 N–H and O–H groups in total. The van der Waals surface area contributed by atoms with Crippen molar-refractivity contribution in [2.24, 2.45) is 11.1 Å². The van der Waals surface area contributed by atoms with Crippen LogP contribution in [0.1, 0.15) is 20.3 Å². The fraction of sp³-hybridized carbons (Fsp3) is 0.750. The Kier molecular flexibility index (Phi) is 4.50. The van der Waals surface area contributed by atoms with Crippen molar-refractivity contribution >= 4 is 5.91 Å². The summed E-state index contributed by atoms with van der Waals surface area (Å²) in [7, 11) is 0. The van der Waals surface area contributed by atoms with E-state index in [1.807, 2.05) is 6.08 Å². The van der Waals surface area contributed by atoms with Gasteiger partial charge in [-0.25, -0.2) is 0 Å². The lowest BCUT2D eigenvalue weighted by Gasteiger charge is -2.31. The quantitative estimate of drug-likeness (QED) is 0.679. The SMILES string of the molecule is C=CCN1CC(C)(C)CNC(=O)C1CCN. The molecule has 1 atom stereocenters. The van der Waals surface area contributed by atoms with Crippen LogP contribution in [-0.4, -0.2) is 43.0 Å². The van der Waals surface area contributed by atoms with Gasteiger partial charge in [0.1, 0.15) is 0 Å². The molecule has 0 aromatic carbocycles. The molecule has 0 aliphatic carbocycles. The topological polar surface area (TPSA) is 58.4 Å². The standard InChI is InChI=1S/C12H23N3O/c1-4-7-15-9-12(2,3)8-14-11(16)10(15)5-6-13/h4,10H,1,5-9,13H2,2-3H3,(H,14,16). The van der Waals surface area contributed by atoms with Gasteiger partial charge in [0.15, 0.2) is 0 Å². The number of carbonyl (C=O) groups excluding carboxylic acids is 1. The minimum Gasteiger partial charge on any atom is -0.354 e. The van der Waals surface area contributed by atoms with Crippen molar-refractivity contribution in [2.75, 3.05) is 26.2 Å². The first-order valence-corrected chi connectivity index (χ1v) is 5.83. The highest BCUT2D eigenvalue weighted by atomic mass is 16.2. The zero-order chi connectivity index (χ0) is 12.2. The van der Waals surface area contributed by atoms with Crippen LogP contribution < -0.4 is 11.1 Å². The molecule has 16 heavy (non-hydrogen) atoms. The van der Waals surface area contributed by atoms with Crippen molar-refractivity contribution in [3.05, 3.63) is 12.7 Å². The Bertz CT molecular complexity index is 263. The van der Waals surface area contributed by atoms with Gasteiger partial charge in [-0.15, -0.1) is 6.58 Å². The number of amides is 1. The molecule has 1 rings (SSSR count). The van der Waals surface area contributed by atoms with Gasteiger partial charge >= 0.3 is 0 Å². The number of nitrogens with two attached hydrogens (primary N) is 1. The second-order valence-electron chi connectivity index (χ2n) is 5.19. The van der Waals surface area contributed by atoms with Gasteiger partial charge in [0.2, 0.25) is 5.91 Å². The average Bonchev–Trinajstić information content (AvgIpc) is 2.30. The van der Waals surface area contributed by atoms with Gasteiger partial charge < -0.3 is 11.1 Å². The molecule has 0 spiro atoms. The second kappa shape index (κ2) is 5.46. The summed E-state index contributed by atoms with van der Waals surface area (Å²) in [5, 5.41) is 2.99. The van der Waals surface area contributed by atoms with Gasteiger partial charge in [-0.3, -0.25) is 9.69 Å². The van der Waals surface area contributed by atoms with Crippen molar-refractivity contribution in [1.29, 1.82) is 0 Å². The molecule has 4 heteroatoms. The van der Waals surface area contributed by atoms with E-state index in [0.29, 0.717) is 13.0 Å². The highest BCUT2D eigenvalue weighted by Crippen LogP contribution is 2.21. The molecular formula is C12H23N3O. The normalized spacial score (nSPS) is 25.9. The maximum Gasteiger partial charge on any atom is 0.237 e. The van der Waals surface area contributed by atoms with Crippen LogP contribution in [0.5, 0.6) is 0 Å². The van der Waals surface area contributed by atoms with Crippen molar-refractivity contribution in [2.45, 2.75) is 26.3 Å². The lowest BCUT2D eigenvalue weighted by molar-refractivity contribution is -0.125. The molecule has 92 valence electrons. The van der Waals surface area contributed by atoms with E-state index in [4.69, 9.17) is 5.73 Å². The number of rotatable bonds is 4. The predicted octanol–water partition coefficient (Wildman–Crippen LogP) is 0.348. The Balaban J connectivity index is 2.83. The molecule has 0 bridgehead atoms. The number of carbonyl (C=O) groups is 1. The summed E-state index contributed by atoms with van der Waals surface area (Å²) in [5.41, 5.74) is 5.67. The number of hydrogen-bond donors (Lipinski definition) is 2. The van der Waals surface area contributed by atoms with E-state index in [9.17, 15) is 4.79 Å². The summed E-state index contributed by atoms with van der Waals surface area (Å²) < 4.78 is 0. The molecule has 1 aliphatic heterocycles. The zero-order valence-electron chi connectivity index (χ0n) is 10.3. The largest absolute Gasteiger partial charge is 0.354 e. The first-order chi connectivity index (χ1) is 7.50. The van der Waals surface area contributed by atoms with Crippen LogP contribution in [-0.2, 0) is 4.79 Å². The molecule has 0 aromatic heterocycles. The Labute approximate surface area is 97.9 Å². The number of nitrogens with zero attached hydrogens (tertiary/aromatic N) is 1. The molecule has 1 unspecified atom stereocenters. The minimum absolute atomic E-state index is 0.0953. The molecule has 1 heterocycles. The first kappa shape index (κ1) is 13.2. The lowest BCUT2D eigenvalue weighted by atomic mass is 9.93. The van der Waals surface area contributed by atoms with Crippen LogP contribution in [0.4, 0.5) is 0 Å². The van der Waals surface area contributed by atoms with Crippen LogP contribution in [0.25, 0.3) is 0 Å². The second-order valence-corrected chi connectivity index (χ2v) is 5.19. The summed E-state index contributed by atoms with van der Waals surface area (Å²) in [4.78, 5) is 14.1. The van der Waals surface area contributed by atoms with Crippen molar-refractivity contribution in [1.82, 2.24) is 10.2 Å². The van der Waals surface area contributed by atoms with Gasteiger partial charge in [0.25, 0.3) is 0 Å². The Morgan fingerprint density at radius 2 is 2.38 bits per heavy atom. The van der Waals surface area contributed by atoms with E-state index in [2.05, 4.69) is 30.6 Å². The van der Waals surface area contributed by atoms with Crippen molar-refractivity contribution in [3.63, 3.8) is 0 Å². The van der Waals surface area contributed by atoms with Crippen molar-refractivity contribution in [3.8, 4) is 0 Å². The summed E-state index contributed by atoms with van der Waals surface area (Å²) in [6, 6.07) is -0.107. The van der Waals surface area contributed by atoms with E-state index in [-0.39, 0.29) is 17.4 Å². The third-order valence-corrected chi connectivity index (χ3v) is 2.92. The first-order valence-electron chi connectivity index (χ1n) is 5.83. The average molecular weight is 225 g/mol. The van der Waals surface area contributed by atoms with Gasteiger partial charge in [-0.2, -0.15) is 0 Å². The smallest absolute Gasteiger partial charge is 0.237 e. The molecular weight excluding hydrogens is 202 g/mol. The molecule has 0 saturated carbocycles. The summed E-state index contributed by atoms with van der Waals surface area (Å²) >= 11 is 0. The highest BCUT2D eigenvalue weighted by molar-refractivity contribution is 5.82. The van der Waals surface area contributed by atoms with Crippen LogP contribution in [0.2, 0.25) is 0 Å². The lowest BCUT2D eigenvalue weighted by Crippen LogP contribution is -2.45. The van der Waals surface area contributed by atoms with Crippen LogP contribution in [0.3, 0.4) is 0 Å². The summed E-state index contributed by atoms with van der Waals surface area (Å²) in [5.74, 6) is 0.0953. The Hall–Kier alpha value is -0.870. The molecule has 1 amide bonds. The highest BCUT2D eigenvalue weighted by Gasteiger charge is 2.33. The van der Waals surface area contributed by atoms with E-state index < -0.39 is 0 Å². The van der Waals surface area contributed by atoms with Crippen LogP contribution >= 0.6 is 0 Å². The molecule has 1 fully saturated rings. The molecule has 0 aromatic rings. The minimum atomic E-state index is -0.107. The molecule has 0 radical (unpaired) electrons. The number of nitrogens with one attached hydrogen (secondary N) is 1. The number of hydrogen-bond acceptors (Lipinski definition) is 3. The van der Waals surface area contributed by atoms with Crippen LogP contribution in [0, 0.1) is 5.41 Å². The fourth-order valence-electron chi connectivity index (χ4n) is 2.16.